The van der Waals surface area contributed by atoms with Gasteiger partial charge in [0.15, 0.2) is 5.76 Å². The van der Waals surface area contributed by atoms with E-state index in [4.69, 9.17) is 4.42 Å². The molecule has 1 N–H and O–H groups in total. The van der Waals surface area contributed by atoms with Gasteiger partial charge in [0.25, 0.3) is 11.9 Å². The molecule has 3 aliphatic rings. The Balaban J connectivity index is 1.24. The number of piperidine rings is 1. The zero-order valence-electron chi connectivity index (χ0n) is 20.3. The molecule has 1 aliphatic heterocycles. The smallest absolute Gasteiger partial charge is 0.254 e. The van der Waals surface area contributed by atoms with E-state index in [9.17, 15) is 4.79 Å². The first-order chi connectivity index (χ1) is 17.2. The van der Waals surface area contributed by atoms with E-state index in [1.165, 1.54) is 51.4 Å². The number of nitrogens with one attached hydrogen (secondary N) is 1. The van der Waals surface area contributed by atoms with Gasteiger partial charge in [0.05, 0.1) is 23.7 Å². The zero-order chi connectivity index (χ0) is 23.7. The van der Waals surface area contributed by atoms with E-state index in [0.29, 0.717) is 35.4 Å². The van der Waals surface area contributed by atoms with Gasteiger partial charge >= 0.3 is 0 Å². The minimum absolute atomic E-state index is 0.0257. The summed E-state index contributed by atoms with van der Waals surface area (Å²) in [5.74, 6) is 1.45. The van der Waals surface area contributed by atoms with Crippen LogP contribution in [0.4, 0.5) is 0 Å². The Morgan fingerprint density at radius 2 is 1.89 bits per heavy atom. The minimum Gasteiger partial charge on any atom is -0.463 e. The molecule has 3 aromatic heterocycles. The van der Waals surface area contributed by atoms with Crippen molar-refractivity contribution < 1.29 is 9.21 Å². The maximum atomic E-state index is 13.5. The van der Waals surface area contributed by atoms with Gasteiger partial charge in [-0.15, -0.1) is 0 Å². The third-order valence-electron chi connectivity index (χ3n) is 8.01. The molecular weight excluding hydrogens is 440 g/mol. The number of likely N-dealkylation sites (tertiary alicyclic amines) is 1. The van der Waals surface area contributed by atoms with E-state index in [-0.39, 0.29) is 11.4 Å². The molecule has 2 saturated carbocycles. The van der Waals surface area contributed by atoms with Crippen LogP contribution in [0.15, 0.2) is 41.3 Å². The number of carbonyl (C=O) groups excluding carboxylic acids is 1. The van der Waals surface area contributed by atoms with Crippen molar-refractivity contribution in [3.05, 3.63) is 48.1 Å². The second-order valence-electron chi connectivity index (χ2n) is 10.4. The quantitative estimate of drug-likeness (QED) is 0.533. The van der Waals surface area contributed by atoms with Crippen LogP contribution in [0, 0.1) is 0 Å². The van der Waals surface area contributed by atoms with Crippen molar-refractivity contribution in [1.82, 2.24) is 30.0 Å². The van der Waals surface area contributed by atoms with E-state index in [0.717, 1.165) is 31.6 Å². The lowest BCUT2D eigenvalue weighted by molar-refractivity contribution is 0.0326. The van der Waals surface area contributed by atoms with Crippen LogP contribution in [0.1, 0.15) is 86.2 Å². The normalized spacial score (nSPS) is 20.6. The summed E-state index contributed by atoms with van der Waals surface area (Å²) >= 11 is 0. The second-order valence-corrected chi connectivity index (χ2v) is 10.4. The minimum atomic E-state index is -0.0257. The van der Waals surface area contributed by atoms with Crippen molar-refractivity contribution in [3.63, 3.8) is 0 Å². The average molecular weight is 475 g/mol. The summed E-state index contributed by atoms with van der Waals surface area (Å²) in [6, 6.07) is 5.53. The Morgan fingerprint density at radius 3 is 2.63 bits per heavy atom. The van der Waals surface area contributed by atoms with Crippen LogP contribution in [-0.4, -0.2) is 55.7 Å². The maximum absolute atomic E-state index is 13.5. The van der Waals surface area contributed by atoms with Crippen LogP contribution < -0.4 is 5.32 Å². The number of hydrogen-bond acceptors (Lipinski definition) is 6. The van der Waals surface area contributed by atoms with Gasteiger partial charge in [-0.25, -0.2) is 14.6 Å². The maximum Gasteiger partial charge on any atom is 0.254 e. The number of amides is 1. The summed E-state index contributed by atoms with van der Waals surface area (Å²) in [7, 11) is 0. The predicted molar refractivity (Wildman–Crippen MR) is 132 cm³/mol. The third kappa shape index (κ3) is 4.51. The molecule has 0 unspecified atom stereocenters. The van der Waals surface area contributed by atoms with Crippen molar-refractivity contribution in [1.29, 1.82) is 0 Å². The van der Waals surface area contributed by atoms with Crippen molar-refractivity contribution in [2.75, 3.05) is 19.6 Å². The number of aromatic nitrogens is 4. The molecule has 8 heteroatoms. The molecule has 3 aromatic rings. The van der Waals surface area contributed by atoms with Gasteiger partial charge < -0.3 is 9.73 Å². The van der Waals surface area contributed by atoms with Crippen LogP contribution in [0.3, 0.4) is 0 Å². The fourth-order valence-corrected chi connectivity index (χ4v) is 5.98. The van der Waals surface area contributed by atoms with Crippen LogP contribution in [0.2, 0.25) is 0 Å². The monoisotopic (exact) mass is 474 g/mol. The molecule has 6 rings (SSSR count). The largest absolute Gasteiger partial charge is 0.463 e. The number of hydrogen-bond donors (Lipinski definition) is 1. The summed E-state index contributed by atoms with van der Waals surface area (Å²) in [5.41, 5.74) is 2.38. The standard InChI is InChI=1S/C27H34N6O2/c34-25(29-19-27(12-3-1-4-13-27)32-15-5-2-6-16-32)21-18-30-33(24(21)20-9-10-20)26-28-14-11-22(31-26)23-8-7-17-35-23/h7-8,11,14,17-18,20H,1-6,9-10,12-13,15-16,19H2,(H,29,34). The van der Waals surface area contributed by atoms with Gasteiger partial charge in [-0.1, -0.05) is 25.7 Å². The highest BCUT2D eigenvalue weighted by Crippen LogP contribution is 2.42. The highest BCUT2D eigenvalue weighted by atomic mass is 16.3. The molecule has 0 aromatic carbocycles. The molecule has 8 nitrogen and oxygen atoms in total. The topological polar surface area (TPSA) is 89.1 Å². The van der Waals surface area contributed by atoms with Crippen molar-refractivity contribution >= 4 is 5.91 Å². The Morgan fingerprint density at radius 1 is 1.09 bits per heavy atom. The lowest BCUT2D eigenvalue weighted by atomic mass is 9.79. The van der Waals surface area contributed by atoms with Gasteiger partial charge in [0, 0.05) is 24.2 Å². The Labute approximate surface area is 206 Å². The van der Waals surface area contributed by atoms with Gasteiger partial charge in [-0.2, -0.15) is 5.10 Å². The lowest BCUT2D eigenvalue weighted by Gasteiger charge is -2.48. The SMILES string of the molecule is O=C(NCC1(N2CCCCC2)CCCCC1)c1cnn(-c2nccc(-c3ccco3)n2)c1C1CC1. The second kappa shape index (κ2) is 9.57. The van der Waals surface area contributed by atoms with Crippen molar-refractivity contribution in [2.45, 2.75) is 75.7 Å². The van der Waals surface area contributed by atoms with Crippen molar-refractivity contribution in [2.24, 2.45) is 0 Å². The summed E-state index contributed by atoms with van der Waals surface area (Å²) in [6.45, 7) is 3.03. The summed E-state index contributed by atoms with van der Waals surface area (Å²) < 4.78 is 7.25. The summed E-state index contributed by atoms with van der Waals surface area (Å²) in [5, 5.41) is 7.92. The molecule has 0 spiro atoms. The fourth-order valence-electron chi connectivity index (χ4n) is 5.98. The average Bonchev–Trinajstić information content (AvgIpc) is 3.41. The van der Waals surface area contributed by atoms with E-state index in [2.05, 4.69) is 25.3 Å². The van der Waals surface area contributed by atoms with Crippen LogP contribution >= 0.6 is 0 Å². The molecule has 4 heterocycles. The molecule has 2 aliphatic carbocycles. The highest BCUT2D eigenvalue weighted by molar-refractivity contribution is 5.95. The molecular formula is C27H34N6O2. The fraction of sp³-hybridized carbons (Fsp3) is 0.556. The van der Waals surface area contributed by atoms with Crippen LogP contribution in [0.5, 0.6) is 0 Å². The molecule has 0 bridgehead atoms. The Kier molecular flexibility index (Phi) is 6.14. The molecule has 0 radical (unpaired) electrons. The molecule has 1 amide bonds. The molecule has 1 saturated heterocycles. The molecule has 35 heavy (non-hydrogen) atoms. The summed E-state index contributed by atoms with van der Waals surface area (Å²) in [4.78, 5) is 25.3. The number of carbonyl (C=O) groups is 1. The van der Waals surface area contributed by atoms with E-state index in [1.54, 1.807) is 23.3 Å². The molecule has 0 atom stereocenters. The van der Waals surface area contributed by atoms with Gasteiger partial charge in [-0.05, 0) is 69.8 Å². The number of nitrogens with zero attached hydrogens (tertiary/aromatic N) is 5. The zero-order valence-corrected chi connectivity index (χ0v) is 20.3. The number of furan rings is 1. The van der Waals surface area contributed by atoms with Gasteiger partial charge in [-0.3, -0.25) is 9.69 Å². The van der Waals surface area contributed by atoms with E-state index in [1.807, 2.05) is 18.2 Å². The summed E-state index contributed by atoms with van der Waals surface area (Å²) in [6.07, 6.45) is 17.2. The first kappa shape index (κ1) is 22.5. The molecule has 184 valence electrons. The lowest BCUT2D eigenvalue weighted by Crippen LogP contribution is -2.58. The number of rotatable bonds is 7. The Bertz CT molecular complexity index is 1150. The van der Waals surface area contributed by atoms with Crippen LogP contribution in [-0.2, 0) is 0 Å². The predicted octanol–water partition coefficient (Wildman–Crippen LogP) is 4.72. The highest BCUT2D eigenvalue weighted by Gasteiger charge is 2.39. The Hall–Kier alpha value is -3.00. The van der Waals surface area contributed by atoms with Gasteiger partial charge in [0.1, 0.15) is 5.69 Å². The van der Waals surface area contributed by atoms with E-state index >= 15 is 0 Å². The van der Waals surface area contributed by atoms with Crippen LogP contribution in [0.25, 0.3) is 17.4 Å². The van der Waals surface area contributed by atoms with Gasteiger partial charge in [0.2, 0.25) is 0 Å². The van der Waals surface area contributed by atoms with Crippen molar-refractivity contribution in [3.8, 4) is 17.4 Å². The van der Waals surface area contributed by atoms with E-state index < -0.39 is 0 Å². The third-order valence-corrected chi connectivity index (χ3v) is 8.01. The first-order valence-corrected chi connectivity index (χ1v) is 13.2. The first-order valence-electron chi connectivity index (χ1n) is 13.2. The molecule has 3 fully saturated rings.